The van der Waals surface area contributed by atoms with Crippen molar-refractivity contribution in [3.63, 3.8) is 0 Å². The Bertz CT molecular complexity index is 1190. The van der Waals surface area contributed by atoms with Crippen molar-refractivity contribution >= 4 is 44.8 Å². The van der Waals surface area contributed by atoms with E-state index in [2.05, 4.69) is 22.2 Å². The van der Waals surface area contributed by atoms with Crippen LogP contribution < -0.4 is 14.8 Å². The van der Waals surface area contributed by atoms with Gasteiger partial charge in [0.2, 0.25) is 0 Å². The van der Waals surface area contributed by atoms with Crippen molar-refractivity contribution in [3.8, 4) is 5.75 Å². The number of benzene rings is 3. The molecule has 0 unspecified atom stereocenters. The van der Waals surface area contributed by atoms with E-state index in [0.29, 0.717) is 16.5 Å². The molecule has 0 aliphatic heterocycles. The summed E-state index contributed by atoms with van der Waals surface area (Å²) in [5, 5.41) is 3.47. The molecule has 33 heavy (non-hydrogen) atoms. The Morgan fingerprint density at radius 1 is 0.970 bits per heavy atom. The summed E-state index contributed by atoms with van der Waals surface area (Å²) >= 11 is 11.8. The first-order chi connectivity index (χ1) is 15.7. The highest BCUT2D eigenvalue weighted by atomic mass is 35.5. The summed E-state index contributed by atoms with van der Waals surface area (Å²) in [4.78, 5) is 12.2. The van der Waals surface area contributed by atoms with Crippen LogP contribution in [0, 0.1) is 0 Å². The Kier molecular flexibility index (Phi) is 8.61. The van der Waals surface area contributed by atoms with Crippen LogP contribution in [-0.2, 0) is 21.2 Å². The first kappa shape index (κ1) is 24.9. The van der Waals surface area contributed by atoms with E-state index >= 15 is 0 Å². The second kappa shape index (κ2) is 11.4. The fourth-order valence-electron chi connectivity index (χ4n) is 3.05. The van der Waals surface area contributed by atoms with Gasteiger partial charge in [-0.05, 0) is 67.8 Å². The van der Waals surface area contributed by atoms with Gasteiger partial charge in [-0.15, -0.1) is 0 Å². The van der Waals surface area contributed by atoms with Crippen LogP contribution in [0.2, 0.25) is 10.0 Å². The van der Waals surface area contributed by atoms with Crippen LogP contribution in [0.15, 0.2) is 77.7 Å². The zero-order chi connectivity index (χ0) is 23.8. The summed E-state index contributed by atoms with van der Waals surface area (Å²) in [5.74, 6) is 0.143. The zero-order valence-electron chi connectivity index (χ0n) is 17.9. The highest BCUT2D eigenvalue weighted by Crippen LogP contribution is 2.27. The van der Waals surface area contributed by atoms with E-state index in [0.717, 1.165) is 12.8 Å². The molecule has 6 nitrogen and oxygen atoms in total. The van der Waals surface area contributed by atoms with Crippen molar-refractivity contribution < 1.29 is 17.9 Å². The lowest BCUT2D eigenvalue weighted by molar-refractivity contribution is -0.123. The van der Waals surface area contributed by atoms with Crippen molar-refractivity contribution in [3.05, 3.63) is 88.4 Å². The molecule has 0 bridgehead atoms. The van der Waals surface area contributed by atoms with E-state index in [9.17, 15) is 13.2 Å². The molecule has 3 rings (SSSR count). The first-order valence-corrected chi connectivity index (χ1v) is 12.5. The van der Waals surface area contributed by atoms with E-state index in [-0.39, 0.29) is 28.5 Å². The number of halogens is 2. The highest BCUT2D eigenvalue weighted by Gasteiger charge is 2.15. The topological polar surface area (TPSA) is 84.5 Å². The lowest BCUT2D eigenvalue weighted by Crippen LogP contribution is -2.36. The van der Waals surface area contributed by atoms with Crippen LogP contribution in [0.4, 0.5) is 5.69 Å². The van der Waals surface area contributed by atoms with Crippen molar-refractivity contribution in [1.82, 2.24) is 5.32 Å². The predicted octanol–water partition coefficient (Wildman–Crippen LogP) is 5.31. The minimum Gasteiger partial charge on any atom is -0.484 e. The number of sulfonamides is 1. The third-order valence-electron chi connectivity index (χ3n) is 4.79. The molecule has 0 saturated heterocycles. The fourth-order valence-corrected chi connectivity index (χ4v) is 4.40. The number of aryl methyl sites for hydroxylation is 1. The van der Waals surface area contributed by atoms with Gasteiger partial charge in [0.15, 0.2) is 6.61 Å². The van der Waals surface area contributed by atoms with E-state index in [4.69, 9.17) is 27.9 Å². The van der Waals surface area contributed by atoms with Crippen molar-refractivity contribution in [2.75, 3.05) is 11.3 Å². The normalized spacial score (nSPS) is 12.1. The molecule has 2 N–H and O–H groups in total. The van der Waals surface area contributed by atoms with Gasteiger partial charge in [-0.2, -0.15) is 0 Å². The maximum Gasteiger partial charge on any atom is 0.261 e. The quantitative estimate of drug-likeness (QED) is 0.390. The van der Waals surface area contributed by atoms with Crippen LogP contribution in [0.25, 0.3) is 0 Å². The van der Waals surface area contributed by atoms with Gasteiger partial charge in [0, 0.05) is 6.04 Å². The number of carbonyl (C=O) groups excluding carboxylic acids is 1. The van der Waals surface area contributed by atoms with E-state index < -0.39 is 10.0 Å². The molecular formula is C24H24Cl2N2O4S. The van der Waals surface area contributed by atoms with Crippen LogP contribution >= 0.6 is 23.2 Å². The number of rotatable bonds is 10. The molecule has 0 heterocycles. The molecule has 1 atom stereocenters. The Balaban J connectivity index is 1.48. The third-order valence-corrected chi connectivity index (χ3v) is 6.93. The smallest absolute Gasteiger partial charge is 0.261 e. The summed E-state index contributed by atoms with van der Waals surface area (Å²) in [6.07, 6.45) is 1.68. The molecule has 174 valence electrons. The fraction of sp³-hybridized carbons (Fsp3) is 0.208. The van der Waals surface area contributed by atoms with Crippen molar-refractivity contribution in [2.45, 2.75) is 30.7 Å². The molecule has 1 amide bonds. The number of hydrogen-bond acceptors (Lipinski definition) is 4. The predicted molar refractivity (Wildman–Crippen MR) is 132 cm³/mol. The standard InChI is InChI=1S/C24H24Cl2N2O4S/c1-17(7-8-18-5-3-2-4-6-18)27-24(29)16-32-20-10-12-21(13-11-20)33(30,31)28-19-9-14-22(25)23(26)15-19/h2-6,9-15,17,28H,7-8,16H2,1H3,(H,27,29)/t17-/m0/s1. The monoisotopic (exact) mass is 506 g/mol. The minimum atomic E-state index is -3.82. The van der Waals surface area contributed by atoms with Crippen LogP contribution in [0.5, 0.6) is 5.75 Å². The van der Waals surface area contributed by atoms with Crippen LogP contribution in [-0.4, -0.2) is 27.0 Å². The number of amides is 1. The van der Waals surface area contributed by atoms with Gasteiger partial charge in [-0.1, -0.05) is 53.5 Å². The highest BCUT2D eigenvalue weighted by molar-refractivity contribution is 7.92. The van der Waals surface area contributed by atoms with Gasteiger partial charge in [0.05, 0.1) is 20.6 Å². The summed E-state index contributed by atoms with van der Waals surface area (Å²) in [7, 11) is -3.82. The van der Waals surface area contributed by atoms with Crippen molar-refractivity contribution in [1.29, 1.82) is 0 Å². The van der Waals surface area contributed by atoms with Crippen molar-refractivity contribution in [2.24, 2.45) is 0 Å². The Morgan fingerprint density at radius 3 is 2.33 bits per heavy atom. The number of nitrogens with one attached hydrogen (secondary N) is 2. The molecule has 9 heteroatoms. The van der Waals surface area contributed by atoms with Gasteiger partial charge < -0.3 is 10.1 Å². The molecule has 0 spiro atoms. The van der Waals surface area contributed by atoms with E-state index in [1.807, 2.05) is 25.1 Å². The lowest BCUT2D eigenvalue weighted by Gasteiger charge is -2.14. The maximum absolute atomic E-state index is 12.6. The average molecular weight is 507 g/mol. The largest absolute Gasteiger partial charge is 0.484 e. The second-order valence-electron chi connectivity index (χ2n) is 7.49. The van der Waals surface area contributed by atoms with Crippen LogP contribution in [0.3, 0.4) is 0 Å². The Hall–Kier alpha value is -2.74. The van der Waals surface area contributed by atoms with Gasteiger partial charge in [-0.25, -0.2) is 8.42 Å². The molecule has 3 aromatic rings. The number of anilines is 1. The summed E-state index contributed by atoms with van der Waals surface area (Å²) in [6.45, 7) is 1.78. The second-order valence-corrected chi connectivity index (χ2v) is 9.98. The minimum absolute atomic E-state index is 0.00118. The third kappa shape index (κ3) is 7.67. The molecule has 0 aromatic heterocycles. The molecule has 0 saturated carbocycles. The SMILES string of the molecule is C[C@@H](CCc1ccccc1)NC(=O)COc1ccc(S(=O)(=O)Nc2ccc(Cl)c(Cl)c2)cc1. The number of hydrogen-bond donors (Lipinski definition) is 2. The summed E-state index contributed by atoms with van der Waals surface area (Å²) < 4.78 is 33.1. The maximum atomic E-state index is 12.6. The molecule has 0 fully saturated rings. The lowest BCUT2D eigenvalue weighted by atomic mass is 10.1. The van der Waals surface area contributed by atoms with E-state index in [1.165, 1.54) is 48.0 Å². The number of ether oxygens (including phenoxy) is 1. The van der Waals surface area contributed by atoms with Gasteiger partial charge >= 0.3 is 0 Å². The first-order valence-electron chi connectivity index (χ1n) is 10.3. The molecule has 0 aliphatic rings. The number of carbonyl (C=O) groups is 1. The average Bonchev–Trinajstić information content (AvgIpc) is 2.79. The zero-order valence-corrected chi connectivity index (χ0v) is 20.3. The summed E-state index contributed by atoms with van der Waals surface area (Å²) in [5.41, 5.74) is 1.52. The molecule has 0 radical (unpaired) electrons. The van der Waals surface area contributed by atoms with Gasteiger partial charge in [0.1, 0.15) is 5.75 Å². The Labute approximate surface area is 203 Å². The molecular weight excluding hydrogens is 483 g/mol. The summed E-state index contributed by atoms with van der Waals surface area (Å²) in [6, 6.07) is 20.3. The van der Waals surface area contributed by atoms with Crippen LogP contribution in [0.1, 0.15) is 18.9 Å². The van der Waals surface area contributed by atoms with Gasteiger partial charge in [-0.3, -0.25) is 9.52 Å². The van der Waals surface area contributed by atoms with Gasteiger partial charge in [0.25, 0.3) is 15.9 Å². The van der Waals surface area contributed by atoms with E-state index in [1.54, 1.807) is 0 Å². The molecule has 0 aliphatic carbocycles. The Morgan fingerprint density at radius 2 is 1.67 bits per heavy atom. The molecule has 3 aromatic carbocycles.